The Labute approximate surface area is 139 Å². The summed E-state index contributed by atoms with van der Waals surface area (Å²) >= 11 is 3.34. The maximum atomic E-state index is 12.9. The van der Waals surface area contributed by atoms with Gasteiger partial charge in [-0.3, -0.25) is 4.79 Å². The zero-order chi connectivity index (χ0) is 16.4. The molecule has 6 nitrogen and oxygen atoms in total. The van der Waals surface area contributed by atoms with Crippen LogP contribution in [0.25, 0.3) is 5.69 Å². The van der Waals surface area contributed by atoms with Gasteiger partial charge in [-0.15, -0.1) is 5.10 Å². The highest BCUT2D eigenvalue weighted by molar-refractivity contribution is 9.10. The van der Waals surface area contributed by atoms with Crippen molar-refractivity contribution < 1.29 is 9.18 Å². The minimum Gasteiger partial charge on any atom is -0.382 e. The number of anilines is 2. The second kappa shape index (κ2) is 6.17. The van der Waals surface area contributed by atoms with Gasteiger partial charge in [0.15, 0.2) is 11.5 Å². The Morgan fingerprint density at radius 1 is 1.13 bits per heavy atom. The number of halogens is 2. The van der Waals surface area contributed by atoms with Gasteiger partial charge in [0.1, 0.15) is 5.82 Å². The number of nitrogens with zero attached hydrogens (tertiary/aromatic N) is 3. The summed E-state index contributed by atoms with van der Waals surface area (Å²) in [6.45, 7) is 0. The molecule has 0 saturated heterocycles. The van der Waals surface area contributed by atoms with Crippen LogP contribution >= 0.6 is 15.9 Å². The molecule has 1 amide bonds. The van der Waals surface area contributed by atoms with E-state index in [1.165, 1.54) is 28.9 Å². The highest BCUT2D eigenvalue weighted by Crippen LogP contribution is 2.19. The standard InChI is InChI=1S/C15H11BrFN5O/c16-9-1-7-12(8-2-9)22-14(18)13(20-21-22)15(23)19-11-5-3-10(17)4-6-11/h1-8H,18H2,(H,19,23). The van der Waals surface area contributed by atoms with Crippen LogP contribution in [-0.4, -0.2) is 20.9 Å². The number of aromatic nitrogens is 3. The molecule has 0 radical (unpaired) electrons. The van der Waals surface area contributed by atoms with E-state index in [0.29, 0.717) is 11.4 Å². The molecule has 1 heterocycles. The van der Waals surface area contributed by atoms with E-state index >= 15 is 0 Å². The van der Waals surface area contributed by atoms with Gasteiger partial charge in [-0.2, -0.15) is 4.68 Å². The predicted octanol–water partition coefficient (Wildman–Crippen LogP) is 3.00. The number of nitrogens with two attached hydrogens (primary N) is 1. The lowest BCUT2D eigenvalue weighted by Gasteiger charge is -2.05. The molecule has 2 aromatic carbocycles. The van der Waals surface area contributed by atoms with Gasteiger partial charge in [-0.25, -0.2) is 4.39 Å². The van der Waals surface area contributed by atoms with Gasteiger partial charge < -0.3 is 11.1 Å². The number of hydrogen-bond acceptors (Lipinski definition) is 4. The number of nitrogens with one attached hydrogen (secondary N) is 1. The number of hydrogen-bond donors (Lipinski definition) is 2. The molecular formula is C15H11BrFN5O. The molecule has 116 valence electrons. The first-order chi connectivity index (χ1) is 11.0. The summed E-state index contributed by atoms with van der Waals surface area (Å²) in [7, 11) is 0. The summed E-state index contributed by atoms with van der Waals surface area (Å²) < 4.78 is 15.1. The van der Waals surface area contributed by atoms with E-state index in [0.717, 1.165) is 4.47 Å². The second-order valence-corrected chi connectivity index (χ2v) is 5.59. The summed E-state index contributed by atoms with van der Waals surface area (Å²) in [5, 5.41) is 10.3. The van der Waals surface area contributed by atoms with Gasteiger partial charge in [0.2, 0.25) is 0 Å². The van der Waals surface area contributed by atoms with Crippen LogP contribution < -0.4 is 11.1 Å². The number of benzene rings is 2. The second-order valence-electron chi connectivity index (χ2n) is 4.67. The van der Waals surface area contributed by atoms with Crippen molar-refractivity contribution in [1.82, 2.24) is 15.0 Å². The van der Waals surface area contributed by atoms with Crippen LogP contribution in [0.2, 0.25) is 0 Å². The number of carbonyl (C=O) groups excluding carboxylic acids is 1. The van der Waals surface area contributed by atoms with Crippen molar-refractivity contribution in [2.75, 3.05) is 11.1 Å². The number of nitrogen functional groups attached to an aromatic ring is 1. The van der Waals surface area contributed by atoms with Crippen LogP contribution in [-0.2, 0) is 0 Å². The summed E-state index contributed by atoms with van der Waals surface area (Å²) in [6.07, 6.45) is 0. The lowest BCUT2D eigenvalue weighted by Crippen LogP contribution is -2.15. The Kier molecular flexibility index (Phi) is 4.07. The van der Waals surface area contributed by atoms with Crippen LogP contribution in [0.4, 0.5) is 15.9 Å². The molecule has 0 spiro atoms. The van der Waals surface area contributed by atoms with Gasteiger partial charge in [0.05, 0.1) is 5.69 Å². The fourth-order valence-electron chi connectivity index (χ4n) is 1.95. The molecule has 0 fully saturated rings. The van der Waals surface area contributed by atoms with Crippen molar-refractivity contribution in [3.05, 3.63) is 64.5 Å². The Bertz CT molecular complexity index is 845. The summed E-state index contributed by atoms with van der Waals surface area (Å²) in [5.74, 6) is -0.784. The van der Waals surface area contributed by atoms with Crippen molar-refractivity contribution in [2.24, 2.45) is 0 Å². The average Bonchev–Trinajstić information content (AvgIpc) is 2.92. The van der Waals surface area contributed by atoms with E-state index in [4.69, 9.17) is 5.73 Å². The zero-order valence-electron chi connectivity index (χ0n) is 11.7. The SMILES string of the molecule is Nc1c(C(=O)Nc2ccc(F)cc2)nnn1-c1ccc(Br)cc1. The smallest absolute Gasteiger partial charge is 0.280 e. The molecule has 3 rings (SSSR count). The molecule has 3 N–H and O–H groups in total. The summed E-state index contributed by atoms with van der Waals surface area (Å²) in [5.41, 5.74) is 7.07. The van der Waals surface area contributed by atoms with Crippen LogP contribution in [0, 0.1) is 5.82 Å². The van der Waals surface area contributed by atoms with Gasteiger partial charge >= 0.3 is 0 Å². The Morgan fingerprint density at radius 2 is 1.78 bits per heavy atom. The van der Waals surface area contributed by atoms with E-state index in [1.807, 2.05) is 12.1 Å². The lowest BCUT2D eigenvalue weighted by atomic mass is 10.3. The lowest BCUT2D eigenvalue weighted by molar-refractivity contribution is 0.102. The summed E-state index contributed by atoms with van der Waals surface area (Å²) in [4.78, 5) is 12.2. The predicted molar refractivity (Wildman–Crippen MR) is 87.8 cm³/mol. The first-order valence-electron chi connectivity index (χ1n) is 6.58. The molecule has 8 heteroatoms. The number of rotatable bonds is 3. The summed E-state index contributed by atoms with van der Waals surface area (Å²) in [6, 6.07) is 12.6. The molecule has 0 aliphatic carbocycles. The molecule has 0 bridgehead atoms. The molecule has 3 aromatic rings. The van der Waals surface area contributed by atoms with Crippen LogP contribution in [0.5, 0.6) is 0 Å². The molecule has 0 aliphatic heterocycles. The maximum Gasteiger partial charge on any atom is 0.280 e. The molecular weight excluding hydrogens is 365 g/mol. The fourth-order valence-corrected chi connectivity index (χ4v) is 2.21. The minimum absolute atomic E-state index is 0.00255. The normalized spacial score (nSPS) is 10.5. The van der Waals surface area contributed by atoms with Crippen LogP contribution in [0.3, 0.4) is 0 Å². The highest BCUT2D eigenvalue weighted by Gasteiger charge is 2.18. The van der Waals surface area contributed by atoms with Gasteiger partial charge in [0, 0.05) is 10.2 Å². The Hall–Kier alpha value is -2.74. The third kappa shape index (κ3) is 3.21. The molecule has 0 atom stereocenters. The van der Waals surface area contributed by atoms with Crippen LogP contribution in [0.1, 0.15) is 10.5 Å². The third-order valence-electron chi connectivity index (χ3n) is 3.09. The highest BCUT2D eigenvalue weighted by atomic mass is 79.9. The van der Waals surface area contributed by atoms with E-state index < -0.39 is 5.91 Å². The Morgan fingerprint density at radius 3 is 2.43 bits per heavy atom. The molecule has 1 aromatic heterocycles. The minimum atomic E-state index is -0.516. The molecule has 0 unspecified atom stereocenters. The van der Waals surface area contributed by atoms with Crippen molar-refractivity contribution >= 4 is 33.3 Å². The van der Waals surface area contributed by atoms with E-state index in [-0.39, 0.29) is 17.3 Å². The quantitative estimate of drug-likeness (QED) is 0.736. The molecule has 0 aliphatic rings. The van der Waals surface area contributed by atoms with Crippen molar-refractivity contribution in [3.63, 3.8) is 0 Å². The molecule has 0 saturated carbocycles. The number of carbonyl (C=O) groups is 1. The van der Waals surface area contributed by atoms with Gasteiger partial charge in [-0.05, 0) is 48.5 Å². The van der Waals surface area contributed by atoms with E-state index in [1.54, 1.807) is 12.1 Å². The zero-order valence-corrected chi connectivity index (χ0v) is 13.3. The average molecular weight is 376 g/mol. The fraction of sp³-hybridized carbons (Fsp3) is 0. The Balaban J connectivity index is 1.85. The van der Waals surface area contributed by atoms with Gasteiger partial charge in [0.25, 0.3) is 5.91 Å². The topological polar surface area (TPSA) is 85.8 Å². The number of amides is 1. The maximum absolute atomic E-state index is 12.9. The van der Waals surface area contributed by atoms with Crippen molar-refractivity contribution in [2.45, 2.75) is 0 Å². The van der Waals surface area contributed by atoms with Crippen molar-refractivity contribution in [3.8, 4) is 5.69 Å². The van der Waals surface area contributed by atoms with E-state index in [2.05, 4.69) is 31.6 Å². The van der Waals surface area contributed by atoms with Gasteiger partial charge in [-0.1, -0.05) is 21.1 Å². The van der Waals surface area contributed by atoms with E-state index in [9.17, 15) is 9.18 Å². The molecule has 23 heavy (non-hydrogen) atoms. The largest absolute Gasteiger partial charge is 0.382 e. The van der Waals surface area contributed by atoms with Crippen molar-refractivity contribution in [1.29, 1.82) is 0 Å². The third-order valence-corrected chi connectivity index (χ3v) is 3.62. The first kappa shape index (κ1) is 15.2. The van der Waals surface area contributed by atoms with Crippen LogP contribution in [0.15, 0.2) is 53.0 Å². The first-order valence-corrected chi connectivity index (χ1v) is 7.38. The monoisotopic (exact) mass is 375 g/mol.